The number of likely N-dealkylation sites (N-methyl/N-ethyl adjacent to an activating group) is 1. The molecule has 3 atom stereocenters. The van der Waals surface area contributed by atoms with Crippen LogP contribution in [0.3, 0.4) is 0 Å². The van der Waals surface area contributed by atoms with Crippen molar-refractivity contribution in [2.45, 2.75) is 38.5 Å². The zero-order valence-corrected chi connectivity index (χ0v) is 12.7. The van der Waals surface area contributed by atoms with Crippen molar-refractivity contribution in [3.05, 3.63) is 28.2 Å². The lowest BCUT2D eigenvalue weighted by Crippen LogP contribution is -2.61. The quantitative estimate of drug-likeness (QED) is 0.872. The molecule has 106 valence electrons. The van der Waals surface area contributed by atoms with E-state index >= 15 is 0 Å². The second kappa shape index (κ2) is 6.80. The fraction of sp³-hybridized carbons (Fsp3) is 0.571. The second-order valence-corrected chi connectivity index (χ2v) is 5.31. The molecular formula is C14H19Cl2NO2. The largest absolute Gasteiger partial charge is 0.486 e. The van der Waals surface area contributed by atoms with Crippen LogP contribution < -0.4 is 10.1 Å². The van der Waals surface area contributed by atoms with Crippen molar-refractivity contribution in [2.75, 3.05) is 13.2 Å². The molecular weight excluding hydrogens is 285 g/mol. The highest BCUT2D eigenvalue weighted by molar-refractivity contribution is 6.42. The summed E-state index contributed by atoms with van der Waals surface area (Å²) in [6, 6.07) is 5.77. The number of rotatable bonds is 6. The van der Waals surface area contributed by atoms with Gasteiger partial charge in [-0.2, -0.15) is 0 Å². The molecule has 1 saturated carbocycles. The van der Waals surface area contributed by atoms with Gasteiger partial charge in [0.1, 0.15) is 23.0 Å². The monoisotopic (exact) mass is 303 g/mol. The molecule has 1 aromatic carbocycles. The van der Waals surface area contributed by atoms with Gasteiger partial charge in [-0.3, -0.25) is 0 Å². The summed E-state index contributed by atoms with van der Waals surface area (Å²) in [5.41, 5.74) is 0. The van der Waals surface area contributed by atoms with Gasteiger partial charge in [0.15, 0.2) is 0 Å². The van der Waals surface area contributed by atoms with Gasteiger partial charge >= 0.3 is 0 Å². The lowest BCUT2D eigenvalue weighted by Gasteiger charge is -2.44. The maximum atomic E-state index is 6.13. The minimum atomic E-state index is 0.0277. The van der Waals surface area contributed by atoms with Crippen molar-refractivity contribution in [3.8, 4) is 5.75 Å². The predicted octanol–water partition coefficient (Wildman–Crippen LogP) is 3.53. The lowest BCUT2D eigenvalue weighted by atomic mass is 9.85. The van der Waals surface area contributed by atoms with Gasteiger partial charge in [0.25, 0.3) is 0 Å². The fourth-order valence-electron chi connectivity index (χ4n) is 2.31. The van der Waals surface area contributed by atoms with Crippen molar-refractivity contribution >= 4 is 23.2 Å². The topological polar surface area (TPSA) is 30.5 Å². The van der Waals surface area contributed by atoms with Gasteiger partial charge in [-0.05, 0) is 25.6 Å². The van der Waals surface area contributed by atoms with E-state index in [4.69, 9.17) is 32.7 Å². The molecule has 2 rings (SSSR count). The molecule has 0 saturated heterocycles. The summed E-state index contributed by atoms with van der Waals surface area (Å²) < 4.78 is 11.7. The third kappa shape index (κ3) is 3.34. The summed E-state index contributed by atoms with van der Waals surface area (Å²) in [7, 11) is 0. The SMILES string of the molecule is CCNC1CC(Oc2cccc(Cl)c2Cl)C1OCC. The average Bonchev–Trinajstić information content (AvgIpc) is 2.39. The van der Waals surface area contributed by atoms with Gasteiger partial charge in [0.05, 0.1) is 5.02 Å². The lowest BCUT2D eigenvalue weighted by molar-refractivity contribution is -0.104. The maximum Gasteiger partial charge on any atom is 0.139 e. The Labute approximate surface area is 124 Å². The molecule has 1 aliphatic rings. The third-order valence-corrected chi connectivity index (χ3v) is 4.07. The van der Waals surface area contributed by atoms with Crippen molar-refractivity contribution < 1.29 is 9.47 Å². The Balaban J connectivity index is 2.01. The van der Waals surface area contributed by atoms with Crippen molar-refractivity contribution in [1.29, 1.82) is 0 Å². The van der Waals surface area contributed by atoms with E-state index < -0.39 is 0 Å². The molecule has 0 radical (unpaired) electrons. The summed E-state index contributed by atoms with van der Waals surface area (Å²) in [6.07, 6.45) is 1.02. The van der Waals surface area contributed by atoms with E-state index in [-0.39, 0.29) is 12.2 Å². The molecule has 0 amide bonds. The van der Waals surface area contributed by atoms with Gasteiger partial charge in [-0.15, -0.1) is 0 Å². The van der Waals surface area contributed by atoms with E-state index in [1.807, 2.05) is 19.1 Å². The first-order valence-electron chi connectivity index (χ1n) is 6.63. The Bertz CT molecular complexity index is 428. The van der Waals surface area contributed by atoms with Crippen LogP contribution in [-0.4, -0.2) is 31.4 Å². The van der Waals surface area contributed by atoms with Crippen molar-refractivity contribution in [1.82, 2.24) is 5.32 Å². The highest BCUT2D eigenvalue weighted by atomic mass is 35.5. The number of hydrogen-bond donors (Lipinski definition) is 1. The molecule has 3 unspecified atom stereocenters. The van der Waals surface area contributed by atoms with Gasteiger partial charge in [0, 0.05) is 19.1 Å². The number of benzene rings is 1. The highest BCUT2D eigenvalue weighted by Gasteiger charge is 2.43. The minimum Gasteiger partial charge on any atom is -0.486 e. The molecule has 5 heteroatoms. The zero-order valence-electron chi connectivity index (χ0n) is 11.2. The van der Waals surface area contributed by atoms with Crippen LogP contribution in [0.5, 0.6) is 5.75 Å². The molecule has 0 bridgehead atoms. The van der Waals surface area contributed by atoms with Crippen LogP contribution in [-0.2, 0) is 4.74 Å². The van der Waals surface area contributed by atoms with Crippen LogP contribution in [0, 0.1) is 0 Å². The summed E-state index contributed by atoms with van der Waals surface area (Å²) in [5, 5.41) is 4.37. The van der Waals surface area contributed by atoms with Gasteiger partial charge in [-0.1, -0.05) is 36.2 Å². The molecule has 0 spiro atoms. The van der Waals surface area contributed by atoms with Crippen LogP contribution in [0.25, 0.3) is 0 Å². The zero-order chi connectivity index (χ0) is 13.8. The van der Waals surface area contributed by atoms with Gasteiger partial charge in [0.2, 0.25) is 0 Å². The van der Waals surface area contributed by atoms with Crippen LogP contribution in [0.15, 0.2) is 18.2 Å². The predicted molar refractivity (Wildman–Crippen MR) is 78.4 cm³/mol. The third-order valence-electron chi connectivity index (χ3n) is 3.27. The molecule has 0 aliphatic heterocycles. The Kier molecular flexibility index (Phi) is 5.34. The normalized spacial score (nSPS) is 26.0. The molecule has 1 N–H and O–H groups in total. The maximum absolute atomic E-state index is 6.13. The first-order valence-corrected chi connectivity index (χ1v) is 7.38. The van der Waals surface area contributed by atoms with E-state index in [2.05, 4.69) is 12.2 Å². The van der Waals surface area contributed by atoms with E-state index in [1.54, 1.807) is 6.07 Å². The van der Waals surface area contributed by atoms with Crippen molar-refractivity contribution in [3.63, 3.8) is 0 Å². The van der Waals surface area contributed by atoms with E-state index in [1.165, 1.54) is 0 Å². The Morgan fingerprint density at radius 1 is 1.32 bits per heavy atom. The Morgan fingerprint density at radius 2 is 2.11 bits per heavy atom. The summed E-state index contributed by atoms with van der Waals surface area (Å²) >= 11 is 12.1. The van der Waals surface area contributed by atoms with E-state index in [9.17, 15) is 0 Å². The summed E-state index contributed by atoms with van der Waals surface area (Å²) in [6.45, 7) is 5.68. The van der Waals surface area contributed by atoms with E-state index in [0.717, 1.165) is 13.0 Å². The first-order chi connectivity index (χ1) is 9.17. The minimum absolute atomic E-state index is 0.0277. The first kappa shape index (κ1) is 14.9. The number of hydrogen-bond acceptors (Lipinski definition) is 3. The molecule has 19 heavy (non-hydrogen) atoms. The van der Waals surface area contributed by atoms with Gasteiger partial charge in [-0.25, -0.2) is 0 Å². The average molecular weight is 304 g/mol. The summed E-state index contributed by atoms with van der Waals surface area (Å²) in [5.74, 6) is 0.624. The van der Waals surface area contributed by atoms with Crippen LogP contribution in [0.2, 0.25) is 10.0 Å². The molecule has 0 heterocycles. The van der Waals surface area contributed by atoms with Gasteiger partial charge < -0.3 is 14.8 Å². The van der Waals surface area contributed by atoms with Crippen LogP contribution in [0.4, 0.5) is 0 Å². The fourth-order valence-corrected chi connectivity index (χ4v) is 2.65. The number of nitrogens with one attached hydrogen (secondary N) is 1. The number of ether oxygens (including phenoxy) is 2. The van der Waals surface area contributed by atoms with Crippen LogP contribution >= 0.6 is 23.2 Å². The number of halogens is 2. The summed E-state index contributed by atoms with van der Waals surface area (Å²) in [4.78, 5) is 0. The Hall–Kier alpha value is -0.480. The van der Waals surface area contributed by atoms with E-state index in [0.29, 0.717) is 28.4 Å². The second-order valence-electron chi connectivity index (χ2n) is 4.53. The Morgan fingerprint density at radius 3 is 2.79 bits per heavy atom. The molecule has 1 fully saturated rings. The molecule has 3 nitrogen and oxygen atoms in total. The molecule has 0 aromatic heterocycles. The standard InChI is InChI=1S/C14H19Cl2NO2/c1-3-17-10-8-12(14(10)18-4-2)19-11-7-5-6-9(15)13(11)16/h5-7,10,12,14,17H,3-4,8H2,1-2H3. The highest BCUT2D eigenvalue weighted by Crippen LogP contribution is 2.36. The van der Waals surface area contributed by atoms with Crippen LogP contribution in [0.1, 0.15) is 20.3 Å². The molecule has 1 aliphatic carbocycles. The molecule has 1 aromatic rings. The van der Waals surface area contributed by atoms with Crippen molar-refractivity contribution in [2.24, 2.45) is 0 Å². The smallest absolute Gasteiger partial charge is 0.139 e.